The molecule has 4 heteroatoms. The molecule has 0 bridgehead atoms. The van der Waals surface area contributed by atoms with Gasteiger partial charge in [0.05, 0.1) is 11.0 Å². The molecule has 0 saturated heterocycles. The topological polar surface area (TPSA) is 20.7 Å². The predicted molar refractivity (Wildman–Crippen MR) is 73.7 cm³/mol. The van der Waals surface area contributed by atoms with Crippen LogP contribution in [-0.2, 0) is 0 Å². The molecule has 1 aromatic carbocycles. The summed E-state index contributed by atoms with van der Waals surface area (Å²) >= 11 is 5.39. The van der Waals surface area contributed by atoms with Gasteiger partial charge in [0.15, 0.2) is 4.77 Å². The summed E-state index contributed by atoms with van der Waals surface area (Å²) < 4.78 is 16.1. The number of halogens is 1. The summed E-state index contributed by atoms with van der Waals surface area (Å²) in [6.07, 6.45) is 3.49. The second-order valence-electron chi connectivity index (χ2n) is 6.02. The fraction of sp³-hybridized carbons (Fsp3) is 0.500. The Morgan fingerprint density at radius 1 is 1.44 bits per heavy atom. The molecule has 1 unspecified atom stereocenters. The second-order valence-corrected chi connectivity index (χ2v) is 6.41. The van der Waals surface area contributed by atoms with Crippen LogP contribution in [-0.4, -0.2) is 9.55 Å². The number of aromatic nitrogens is 2. The highest BCUT2D eigenvalue weighted by molar-refractivity contribution is 7.71. The lowest BCUT2D eigenvalue weighted by Crippen LogP contribution is -2.09. The van der Waals surface area contributed by atoms with E-state index in [0.29, 0.717) is 16.2 Å². The summed E-state index contributed by atoms with van der Waals surface area (Å²) in [6, 6.07) is 5.28. The Morgan fingerprint density at radius 2 is 2.22 bits per heavy atom. The fourth-order valence-corrected chi connectivity index (χ4v) is 3.44. The second kappa shape index (κ2) is 3.92. The van der Waals surface area contributed by atoms with E-state index < -0.39 is 0 Å². The van der Waals surface area contributed by atoms with Gasteiger partial charge in [0.1, 0.15) is 5.82 Å². The third kappa shape index (κ3) is 1.88. The molecule has 0 radical (unpaired) electrons. The van der Waals surface area contributed by atoms with Crippen molar-refractivity contribution in [3.8, 4) is 0 Å². The van der Waals surface area contributed by atoms with Crippen LogP contribution in [0.2, 0.25) is 0 Å². The molecule has 1 fully saturated rings. The Bertz CT molecular complexity index is 653. The number of imidazole rings is 1. The van der Waals surface area contributed by atoms with Gasteiger partial charge in [0.25, 0.3) is 0 Å². The van der Waals surface area contributed by atoms with Gasteiger partial charge in [0, 0.05) is 6.04 Å². The van der Waals surface area contributed by atoms with Crippen LogP contribution < -0.4 is 0 Å². The third-order valence-corrected chi connectivity index (χ3v) is 4.28. The first kappa shape index (κ1) is 11.9. The van der Waals surface area contributed by atoms with Crippen molar-refractivity contribution in [3.05, 3.63) is 28.8 Å². The van der Waals surface area contributed by atoms with Crippen LogP contribution in [0.5, 0.6) is 0 Å². The van der Waals surface area contributed by atoms with Gasteiger partial charge in [-0.3, -0.25) is 0 Å². The maximum absolute atomic E-state index is 13.2. The van der Waals surface area contributed by atoms with Crippen LogP contribution in [0.3, 0.4) is 0 Å². The van der Waals surface area contributed by atoms with Crippen LogP contribution >= 0.6 is 12.2 Å². The average Bonchev–Trinajstić information content (AvgIpc) is 2.77. The summed E-state index contributed by atoms with van der Waals surface area (Å²) in [7, 11) is 0. The Balaban J connectivity index is 2.12. The smallest absolute Gasteiger partial charge is 0.178 e. The number of benzene rings is 1. The van der Waals surface area contributed by atoms with Gasteiger partial charge < -0.3 is 9.55 Å². The number of nitrogens with one attached hydrogen (secondary N) is 1. The van der Waals surface area contributed by atoms with E-state index in [-0.39, 0.29) is 5.82 Å². The Hall–Kier alpha value is -1.16. The molecule has 0 amide bonds. The largest absolute Gasteiger partial charge is 0.330 e. The summed E-state index contributed by atoms with van der Waals surface area (Å²) in [4.78, 5) is 3.11. The quantitative estimate of drug-likeness (QED) is 0.747. The summed E-state index contributed by atoms with van der Waals surface area (Å²) in [6.45, 7) is 4.59. The van der Waals surface area contributed by atoms with Gasteiger partial charge in [-0.2, -0.15) is 0 Å². The molecule has 1 saturated carbocycles. The Kier molecular flexibility index (Phi) is 2.59. The Labute approximate surface area is 111 Å². The molecule has 1 atom stereocenters. The van der Waals surface area contributed by atoms with Crippen molar-refractivity contribution in [2.45, 2.75) is 39.2 Å². The Morgan fingerprint density at radius 3 is 2.89 bits per heavy atom. The summed E-state index contributed by atoms with van der Waals surface area (Å²) in [5.41, 5.74) is 2.19. The molecule has 0 aliphatic heterocycles. The SMILES string of the molecule is CC1(C)CCC(n2c(=S)[nH]c3cc(F)ccc32)C1. The minimum atomic E-state index is -0.224. The van der Waals surface area contributed by atoms with E-state index in [2.05, 4.69) is 23.4 Å². The maximum Gasteiger partial charge on any atom is 0.178 e. The van der Waals surface area contributed by atoms with Crippen LogP contribution in [0.15, 0.2) is 18.2 Å². The van der Waals surface area contributed by atoms with Gasteiger partial charge in [-0.25, -0.2) is 4.39 Å². The van der Waals surface area contributed by atoms with E-state index in [0.717, 1.165) is 23.9 Å². The maximum atomic E-state index is 13.2. The van der Waals surface area contributed by atoms with Crippen LogP contribution in [0.25, 0.3) is 11.0 Å². The van der Waals surface area contributed by atoms with Gasteiger partial charge >= 0.3 is 0 Å². The number of fused-ring (bicyclic) bond motifs is 1. The first-order valence-corrected chi connectivity index (χ1v) is 6.77. The van der Waals surface area contributed by atoms with Crippen molar-refractivity contribution in [2.75, 3.05) is 0 Å². The van der Waals surface area contributed by atoms with E-state index in [1.165, 1.54) is 18.6 Å². The number of hydrogen-bond acceptors (Lipinski definition) is 1. The molecule has 1 aromatic heterocycles. The lowest BCUT2D eigenvalue weighted by atomic mass is 9.92. The average molecular weight is 264 g/mol. The summed E-state index contributed by atoms with van der Waals surface area (Å²) in [5.74, 6) is -0.224. The molecule has 3 rings (SSSR count). The molecule has 1 aliphatic carbocycles. The zero-order valence-electron chi connectivity index (χ0n) is 10.7. The number of hydrogen-bond donors (Lipinski definition) is 1. The molecule has 1 aliphatic rings. The minimum absolute atomic E-state index is 0.224. The highest BCUT2D eigenvalue weighted by atomic mass is 32.1. The molecule has 1 heterocycles. The lowest BCUT2D eigenvalue weighted by molar-refractivity contribution is 0.360. The molecule has 1 N–H and O–H groups in total. The zero-order chi connectivity index (χ0) is 12.9. The van der Waals surface area contributed by atoms with Crippen molar-refractivity contribution in [3.63, 3.8) is 0 Å². The van der Waals surface area contributed by atoms with Crippen molar-refractivity contribution in [1.82, 2.24) is 9.55 Å². The number of nitrogens with zero attached hydrogens (tertiary/aromatic N) is 1. The van der Waals surface area contributed by atoms with E-state index >= 15 is 0 Å². The van der Waals surface area contributed by atoms with E-state index in [1.54, 1.807) is 0 Å². The number of rotatable bonds is 1. The molecular weight excluding hydrogens is 247 g/mol. The van der Waals surface area contributed by atoms with E-state index in [9.17, 15) is 4.39 Å². The summed E-state index contributed by atoms with van der Waals surface area (Å²) in [5, 5.41) is 0. The first-order chi connectivity index (χ1) is 8.46. The third-order valence-electron chi connectivity index (χ3n) is 3.99. The number of aromatic amines is 1. The highest BCUT2D eigenvalue weighted by Gasteiger charge is 2.32. The van der Waals surface area contributed by atoms with Gasteiger partial charge in [-0.1, -0.05) is 13.8 Å². The monoisotopic (exact) mass is 264 g/mol. The van der Waals surface area contributed by atoms with Crippen LogP contribution in [0, 0.1) is 16.0 Å². The van der Waals surface area contributed by atoms with Crippen LogP contribution in [0.4, 0.5) is 4.39 Å². The van der Waals surface area contributed by atoms with Crippen molar-refractivity contribution in [1.29, 1.82) is 0 Å². The standard InChI is InChI=1S/C14H17FN2S/c1-14(2)6-5-10(8-14)17-12-4-3-9(15)7-11(12)16-13(17)18/h3-4,7,10H,5-6,8H2,1-2H3,(H,16,18). The molecule has 2 nitrogen and oxygen atoms in total. The molecule has 96 valence electrons. The van der Waals surface area contributed by atoms with Crippen molar-refractivity contribution >= 4 is 23.3 Å². The molecule has 2 aromatic rings. The van der Waals surface area contributed by atoms with E-state index in [4.69, 9.17) is 12.2 Å². The lowest BCUT2D eigenvalue weighted by Gasteiger charge is -2.18. The first-order valence-electron chi connectivity index (χ1n) is 6.36. The highest BCUT2D eigenvalue weighted by Crippen LogP contribution is 2.44. The zero-order valence-corrected chi connectivity index (χ0v) is 11.5. The van der Waals surface area contributed by atoms with Gasteiger partial charge in [-0.05, 0) is 55.1 Å². The molecule has 0 spiro atoms. The predicted octanol–water partition coefficient (Wildman–Crippen LogP) is 4.59. The van der Waals surface area contributed by atoms with Crippen LogP contribution in [0.1, 0.15) is 39.2 Å². The van der Waals surface area contributed by atoms with Gasteiger partial charge in [0.2, 0.25) is 0 Å². The fourth-order valence-electron chi connectivity index (χ4n) is 3.09. The van der Waals surface area contributed by atoms with Crippen molar-refractivity contribution < 1.29 is 4.39 Å². The van der Waals surface area contributed by atoms with Crippen molar-refractivity contribution in [2.24, 2.45) is 5.41 Å². The number of H-pyrrole nitrogens is 1. The minimum Gasteiger partial charge on any atom is -0.330 e. The molecule has 18 heavy (non-hydrogen) atoms. The molecular formula is C14H17FN2S. The van der Waals surface area contributed by atoms with Gasteiger partial charge in [-0.15, -0.1) is 0 Å². The normalized spacial score (nSPS) is 22.7. The van der Waals surface area contributed by atoms with E-state index in [1.807, 2.05) is 6.07 Å².